The molecule has 106 valence electrons. The van der Waals surface area contributed by atoms with Crippen LogP contribution in [0.4, 0.5) is 0 Å². The Balaban J connectivity index is 2.28. The summed E-state index contributed by atoms with van der Waals surface area (Å²) in [4.78, 5) is 15.3. The number of nitrogens with one attached hydrogen (secondary N) is 1. The maximum atomic E-state index is 11.4. The molecule has 0 aromatic carbocycles. The van der Waals surface area contributed by atoms with Gasteiger partial charge in [0.2, 0.25) is 0 Å². The van der Waals surface area contributed by atoms with Crippen molar-refractivity contribution >= 4 is 5.91 Å². The van der Waals surface area contributed by atoms with Crippen LogP contribution in [0, 0.1) is 6.92 Å². The molecule has 1 aromatic rings. The number of aromatic nitrogens is 2. The molecule has 0 saturated carbocycles. The molecule has 1 aliphatic rings. The lowest BCUT2D eigenvalue weighted by molar-refractivity contribution is -0.0536. The van der Waals surface area contributed by atoms with E-state index in [1.165, 1.54) is 10.9 Å². The van der Waals surface area contributed by atoms with Gasteiger partial charge in [-0.3, -0.25) is 10.2 Å². The number of aliphatic hydroxyl groups is 3. The second-order valence-corrected chi connectivity index (χ2v) is 4.29. The van der Waals surface area contributed by atoms with Crippen molar-refractivity contribution < 1.29 is 24.9 Å². The molecule has 19 heavy (non-hydrogen) atoms. The minimum Gasteiger partial charge on any atom is -0.394 e. The molecule has 0 aliphatic carbocycles. The number of imidazole rings is 1. The van der Waals surface area contributed by atoms with Gasteiger partial charge in [0.15, 0.2) is 6.23 Å². The summed E-state index contributed by atoms with van der Waals surface area (Å²) in [5, 5.41) is 28.6. The van der Waals surface area contributed by atoms with Crippen LogP contribution in [0.5, 0.6) is 0 Å². The Morgan fingerprint density at radius 3 is 2.79 bits per heavy atom. The standard InChI is InChI=1S/C10H16N4O5/c1-4-6(9(18)13-11)12-3-14(4)10-8(17)7(16)5(2-15)19-10/h3,5,7-8,10,15-17H,2,11H2,1H3,(H,13,18)/t5-,7-,8-,10-/m1/s1. The van der Waals surface area contributed by atoms with E-state index in [9.17, 15) is 15.0 Å². The van der Waals surface area contributed by atoms with Crippen LogP contribution in [-0.4, -0.2) is 55.7 Å². The summed E-state index contributed by atoms with van der Waals surface area (Å²) in [6.07, 6.45) is -2.92. The number of nitrogens with two attached hydrogens (primary N) is 1. The Morgan fingerprint density at radius 1 is 1.58 bits per heavy atom. The van der Waals surface area contributed by atoms with Crippen molar-refractivity contribution in [1.82, 2.24) is 15.0 Å². The maximum absolute atomic E-state index is 11.4. The zero-order valence-corrected chi connectivity index (χ0v) is 10.2. The number of rotatable bonds is 3. The van der Waals surface area contributed by atoms with Crippen molar-refractivity contribution in [1.29, 1.82) is 0 Å². The Labute approximate surface area is 108 Å². The molecule has 2 heterocycles. The maximum Gasteiger partial charge on any atom is 0.285 e. The van der Waals surface area contributed by atoms with Gasteiger partial charge in [-0.1, -0.05) is 0 Å². The molecule has 0 bridgehead atoms. The van der Waals surface area contributed by atoms with Crippen LogP contribution in [0.15, 0.2) is 6.33 Å². The van der Waals surface area contributed by atoms with Gasteiger partial charge in [0.1, 0.15) is 24.0 Å². The predicted octanol–water partition coefficient (Wildman–Crippen LogP) is -2.59. The van der Waals surface area contributed by atoms with Gasteiger partial charge in [0, 0.05) is 5.69 Å². The summed E-state index contributed by atoms with van der Waals surface area (Å²) < 4.78 is 6.75. The van der Waals surface area contributed by atoms with E-state index in [1.54, 1.807) is 6.92 Å². The van der Waals surface area contributed by atoms with E-state index in [0.29, 0.717) is 5.69 Å². The van der Waals surface area contributed by atoms with Crippen LogP contribution in [0.2, 0.25) is 0 Å². The third kappa shape index (κ3) is 2.22. The van der Waals surface area contributed by atoms with E-state index in [1.807, 2.05) is 5.43 Å². The van der Waals surface area contributed by atoms with Gasteiger partial charge in [-0.2, -0.15) is 0 Å². The first-order valence-corrected chi connectivity index (χ1v) is 5.68. The van der Waals surface area contributed by atoms with Gasteiger partial charge in [-0.25, -0.2) is 10.8 Å². The number of hydrogen-bond acceptors (Lipinski definition) is 7. The molecule has 1 aromatic heterocycles. The van der Waals surface area contributed by atoms with Crippen molar-refractivity contribution in [3.05, 3.63) is 17.7 Å². The van der Waals surface area contributed by atoms with E-state index in [4.69, 9.17) is 15.7 Å². The SMILES string of the molecule is Cc1c(C(=O)NN)ncn1[C@@H]1O[C@H](CO)[C@@H](O)[C@H]1O. The van der Waals surface area contributed by atoms with E-state index in [2.05, 4.69) is 4.98 Å². The Hall–Kier alpha value is -1.52. The average molecular weight is 272 g/mol. The highest BCUT2D eigenvalue weighted by molar-refractivity contribution is 5.92. The van der Waals surface area contributed by atoms with Crippen molar-refractivity contribution in [2.24, 2.45) is 5.84 Å². The first kappa shape index (κ1) is 13.9. The number of hydrogen-bond donors (Lipinski definition) is 5. The van der Waals surface area contributed by atoms with E-state index >= 15 is 0 Å². The first-order valence-electron chi connectivity index (χ1n) is 5.68. The quantitative estimate of drug-likeness (QED) is 0.231. The molecule has 6 N–H and O–H groups in total. The van der Waals surface area contributed by atoms with Crippen LogP contribution in [0.3, 0.4) is 0 Å². The molecule has 9 heteroatoms. The topological polar surface area (TPSA) is 143 Å². The van der Waals surface area contributed by atoms with Crippen LogP contribution >= 0.6 is 0 Å². The fourth-order valence-electron chi connectivity index (χ4n) is 2.08. The zero-order valence-electron chi connectivity index (χ0n) is 10.2. The van der Waals surface area contributed by atoms with Crippen LogP contribution in [0.1, 0.15) is 22.4 Å². The highest BCUT2D eigenvalue weighted by atomic mass is 16.6. The molecule has 9 nitrogen and oxygen atoms in total. The summed E-state index contributed by atoms with van der Waals surface area (Å²) in [6, 6.07) is 0. The van der Waals surface area contributed by atoms with E-state index in [-0.39, 0.29) is 5.69 Å². The second kappa shape index (κ2) is 5.23. The predicted molar refractivity (Wildman–Crippen MR) is 61.6 cm³/mol. The van der Waals surface area contributed by atoms with Gasteiger partial charge in [-0.05, 0) is 6.92 Å². The van der Waals surface area contributed by atoms with Crippen LogP contribution < -0.4 is 11.3 Å². The molecular weight excluding hydrogens is 256 g/mol. The largest absolute Gasteiger partial charge is 0.394 e. The molecular formula is C10H16N4O5. The summed E-state index contributed by atoms with van der Waals surface area (Å²) in [7, 11) is 0. The molecule has 1 amide bonds. The summed E-state index contributed by atoms with van der Waals surface area (Å²) in [5.41, 5.74) is 2.48. The van der Waals surface area contributed by atoms with Gasteiger partial charge >= 0.3 is 0 Å². The fourth-order valence-corrected chi connectivity index (χ4v) is 2.08. The number of ether oxygens (including phenoxy) is 1. The van der Waals surface area contributed by atoms with Crippen molar-refractivity contribution in [2.45, 2.75) is 31.5 Å². The number of amides is 1. The van der Waals surface area contributed by atoms with Gasteiger partial charge in [0.25, 0.3) is 5.91 Å². The molecule has 2 rings (SSSR count). The zero-order chi connectivity index (χ0) is 14.2. The molecule has 1 aliphatic heterocycles. The first-order chi connectivity index (χ1) is 9.01. The Kier molecular flexibility index (Phi) is 3.83. The molecule has 0 spiro atoms. The third-order valence-corrected chi connectivity index (χ3v) is 3.18. The lowest BCUT2D eigenvalue weighted by Gasteiger charge is -2.17. The van der Waals surface area contributed by atoms with E-state index in [0.717, 1.165) is 0 Å². The highest BCUT2D eigenvalue weighted by Crippen LogP contribution is 2.30. The number of aliphatic hydroxyl groups excluding tert-OH is 3. The minimum absolute atomic E-state index is 0.0974. The lowest BCUT2D eigenvalue weighted by atomic mass is 10.1. The Bertz CT molecular complexity index is 476. The fraction of sp³-hybridized carbons (Fsp3) is 0.600. The van der Waals surface area contributed by atoms with Gasteiger partial charge in [-0.15, -0.1) is 0 Å². The number of nitrogens with zero attached hydrogens (tertiary/aromatic N) is 2. The smallest absolute Gasteiger partial charge is 0.285 e. The summed E-state index contributed by atoms with van der Waals surface area (Å²) in [6.45, 7) is 1.19. The molecule has 1 saturated heterocycles. The average Bonchev–Trinajstić information content (AvgIpc) is 2.91. The van der Waals surface area contributed by atoms with Crippen LogP contribution in [0.25, 0.3) is 0 Å². The number of carbonyl (C=O) groups is 1. The van der Waals surface area contributed by atoms with Crippen molar-refractivity contribution in [3.8, 4) is 0 Å². The van der Waals surface area contributed by atoms with Gasteiger partial charge in [0.05, 0.1) is 12.9 Å². The van der Waals surface area contributed by atoms with Crippen molar-refractivity contribution in [3.63, 3.8) is 0 Å². The second-order valence-electron chi connectivity index (χ2n) is 4.29. The number of carbonyl (C=O) groups excluding carboxylic acids is 1. The molecule has 0 radical (unpaired) electrons. The lowest BCUT2D eigenvalue weighted by Crippen LogP contribution is -2.33. The molecule has 4 atom stereocenters. The normalized spacial score (nSPS) is 30.6. The molecule has 0 unspecified atom stereocenters. The Morgan fingerprint density at radius 2 is 2.26 bits per heavy atom. The van der Waals surface area contributed by atoms with Crippen LogP contribution in [-0.2, 0) is 4.74 Å². The number of hydrazine groups is 1. The monoisotopic (exact) mass is 272 g/mol. The summed E-state index contributed by atoms with van der Waals surface area (Å²) in [5.74, 6) is 4.46. The minimum atomic E-state index is -1.22. The van der Waals surface area contributed by atoms with Crippen molar-refractivity contribution in [2.75, 3.05) is 6.61 Å². The third-order valence-electron chi connectivity index (χ3n) is 3.18. The van der Waals surface area contributed by atoms with Gasteiger partial charge < -0.3 is 24.6 Å². The highest BCUT2D eigenvalue weighted by Gasteiger charge is 2.44. The van der Waals surface area contributed by atoms with E-state index < -0.39 is 37.1 Å². The summed E-state index contributed by atoms with van der Waals surface area (Å²) >= 11 is 0. The number of nitrogen functional groups attached to an aromatic ring is 1. The molecule has 1 fully saturated rings.